The molecule has 0 aliphatic heterocycles. The molecule has 1 atom stereocenters. The number of rotatable bonds is 7. The molecule has 0 radical (unpaired) electrons. The molecule has 1 aromatic carbocycles. The maximum atomic E-state index is 3.68. The summed E-state index contributed by atoms with van der Waals surface area (Å²) in [7, 11) is 0. The highest BCUT2D eigenvalue weighted by Gasteiger charge is 2.10. The first kappa shape index (κ1) is 14.2. The Labute approximate surface area is 107 Å². The van der Waals surface area contributed by atoms with Crippen molar-refractivity contribution in [3.63, 3.8) is 0 Å². The molecule has 1 aromatic rings. The highest BCUT2D eigenvalue weighted by Crippen LogP contribution is 2.11. The third-order valence-electron chi connectivity index (χ3n) is 3.08. The summed E-state index contributed by atoms with van der Waals surface area (Å²) < 4.78 is 0. The third kappa shape index (κ3) is 5.88. The second-order valence-electron chi connectivity index (χ2n) is 5.35. The second-order valence-corrected chi connectivity index (χ2v) is 5.35. The number of benzene rings is 1. The average molecular weight is 233 g/mol. The van der Waals surface area contributed by atoms with Crippen molar-refractivity contribution in [3.8, 4) is 0 Å². The monoisotopic (exact) mass is 233 g/mol. The van der Waals surface area contributed by atoms with Gasteiger partial charge in [0.05, 0.1) is 0 Å². The van der Waals surface area contributed by atoms with E-state index in [1.807, 2.05) is 0 Å². The van der Waals surface area contributed by atoms with Gasteiger partial charge in [0.2, 0.25) is 0 Å². The highest BCUT2D eigenvalue weighted by atomic mass is 14.9. The molecule has 96 valence electrons. The number of hydrogen-bond acceptors (Lipinski definition) is 1. The number of nitrogens with one attached hydrogen (secondary N) is 1. The molecule has 0 amide bonds. The van der Waals surface area contributed by atoms with Crippen LogP contribution in [0, 0.1) is 6.92 Å². The molecular weight excluding hydrogens is 206 g/mol. The molecule has 0 aliphatic carbocycles. The molecular formula is C16H27N. The Morgan fingerprint density at radius 3 is 2.29 bits per heavy atom. The molecule has 0 fully saturated rings. The molecule has 1 unspecified atom stereocenters. The van der Waals surface area contributed by atoms with Gasteiger partial charge in [0, 0.05) is 12.1 Å². The van der Waals surface area contributed by atoms with Crippen LogP contribution in [-0.2, 0) is 6.42 Å². The lowest BCUT2D eigenvalue weighted by Crippen LogP contribution is -2.36. The predicted molar refractivity (Wildman–Crippen MR) is 76.5 cm³/mol. The highest BCUT2D eigenvalue weighted by molar-refractivity contribution is 5.22. The van der Waals surface area contributed by atoms with Gasteiger partial charge in [-0.05, 0) is 25.3 Å². The molecule has 0 heterocycles. The molecule has 0 saturated heterocycles. The molecule has 0 aliphatic rings. The summed E-state index contributed by atoms with van der Waals surface area (Å²) in [4.78, 5) is 0. The summed E-state index contributed by atoms with van der Waals surface area (Å²) in [6.07, 6.45) is 5.03. The SMILES string of the molecule is CCCCC(Cc1ccc(C)cc1)NC(C)C. The van der Waals surface area contributed by atoms with Gasteiger partial charge in [-0.15, -0.1) is 0 Å². The third-order valence-corrected chi connectivity index (χ3v) is 3.08. The maximum Gasteiger partial charge on any atom is 0.0110 e. The van der Waals surface area contributed by atoms with Crippen LogP contribution in [0.3, 0.4) is 0 Å². The van der Waals surface area contributed by atoms with Crippen LogP contribution in [0.4, 0.5) is 0 Å². The minimum atomic E-state index is 0.572. The lowest BCUT2D eigenvalue weighted by Gasteiger charge is -2.21. The standard InChI is InChI=1S/C16H27N/c1-5-6-7-16(17-13(2)3)12-15-10-8-14(4)9-11-15/h8-11,13,16-17H,5-7,12H2,1-4H3. The summed E-state index contributed by atoms with van der Waals surface area (Å²) in [6.45, 7) is 8.87. The van der Waals surface area contributed by atoms with Crippen LogP contribution in [0.15, 0.2) is 24.3 Å². The van der Waals surface area contributed by atoms with Gasteiger partial charge >= 0.3 is 0 Å². The first-order valence-corrected chi connectivity index (χ1v) is 6.93. The Morgan fingerprint density at radius 1 is 1.12 bits per heavy atom. The largest absolute Gasteiger partial charge is 0.311 e. The molecule has 17 heavy (non-hydrogen) atoms. The van der Waals surface area contributed by atoms with E-state index in [9.17, 15) is 0 Å². The second kappa shape index (κ2) is 7.50. The van der Waals surface area contributed by atoms with Crippen molar-refractivity contribution in [2.75, 3.05) is 0 Å². The van der Waals surface area contributed by atoms with Gasteiger partial charge in [-0.3, -0.25) is 0 Å². The van der Waals surface area contributed by atoms with Gasteiger partial charge in [-0.25, -0.2) is 0 Å². The lowest BCUT2D eigenvalue weighted by atomic mass is 9.99. The van der Waals surface area contributed by atoms with Crippen LogP contribution < -0.4 is 5.32 Å². The zero-order valence-corrected chi connectivity index (χ0v) is 11.8. The molecule has 0 aromatic heterocycles. The Hall–Kier alpha value is -0.820. The van der Waals surface area contributed by atoms with E-state index >= 15 is 0 Å². The van der Waals surface area contributed by atoms with Crippen LogP contribution in [0.1, 0.15) is 51.2 Å². The average Bonchev–Trinajstić information content (AvgIpc) is 2.28. The molecule has 0 spiro atoms. The van der Waals surface area contributed by atoms with Gasteiger partial charge < -0.3 is 5.32 Å². The number of hydrogen-bond donors (Lipinski definition) is 1. The quantitative estimate of drug-likeness (QED) is 0.748. The minimum Gasteiger partial charge on any atom is -0.311 e. The predicted octanol–water partition coefficient (Wildman–Crippen LogP) is 4.09. The number of unbranched alkanes of at least 4 members (excludes halogenated alkanes) is 1. The minimum absolute atomic E-state index is 0.572. The van der Waals surface area contributed by atoms with Crippen molar-refractivity contribution in [3.05, 3.63) is 35.4 Å². The van der Waals surface area contributed by atoms with Gasteiger partial charge in [-0.1, -0.05) is 63.4 Å². The maximum absolute atomic E-state index is 3.68. The molecule has 0 bridgehead atoms. The number of aryl methyl sites for hydroxylation is 1. The first-order chi connectivity index (χ1) is 8.11. The van der Waals surface area contributed by atoms with Crippen LogP contribution in [-0.4, -0.2) is 12.1 Å². The van der Waals surface area contributed by atoms with Crippen molar-refractivity contribution < 1.29 is 0 Å². The van der Waals surface area contributed by atoms with Gasteiger partial charge in [-0.2, -0.15) is 0 Å². The van der Waals surface area contributed by atoms with Crippen LogP contribution >= 0.6 is 0 Å². The Balaban J connectivity index is 2.54. The molecule has 0 saturated carbocycles. The van der Waals surface area contributed by atoms with Crippen molar-refractivity contribution in [2.45, 2.75) is 65.5 Å². The van der Waals surface area contributed by atoms with E-state index < -0.39 is 0 Å². The summed E-state index contributed by atoms with van der Waals surface area (Å²) in [5.41, 5.74) is 2.79. The fourth-order valence-corrected chi connectivity index (χ4v) is 2.17. The van der Waals surface area contributed by atoms with Crippen LogP contribution in [0.5, 0.6) is 0 Å². The zero-order valence-electron chi connectivity index (χ0n) is 11.8. The topological polar surface area (TPSA) is 12.0 Å². The Kier molecular flexibility index (Phi) is 6.28. The Morgan fingerprint density at radius 2 is 1.76 bits per heavy atom. The van der Waals surface area contributed by atoms with Gasteiger partial charge in [0.25, 0.3) is 0 Å². The van der Waals surface area contributed by atoms with E-state index in [0.29, 0.717) is 12.1 Å². The van der Waals surface area contributed by atoms with Crippen molar-refractivity contribution in [1.29, 1.82) is 0 Å². The van der Waals surface area contributed by atoms with Crippen molar-refractivity contribution >= 4 is 0 Å². The molecule has 1 heteroatoms. The van der Waals surface area contributed by atoms with Crippen LogP contribution in [0.2, 0.25) is 0 Å². The Bertz CT molecular complexity index is 300. The summed E-state index contributed by atoms with van der Waals surface area (Å²) in [5, 5.41) is 3.68. The first-order valence-electron chi connectivity index (χ1n) is 6.93. The zero-order chi connectivity index (χ0) is 12.7. The fourth-order valence-electron chi connectivity index (χ4n) is 2.17. The van der Waals surface area contributed by atoms with Crippen LogP contribution in [0.25, 0.3) is 0 Å². The molecule has 1 nitrogen and oxygen atoms in total. The molecule has 1 rings (SSSR count). The van der Waals surface area contributed by atoms with Gasteiger partial charge in [0.15, 0.2) is 0 Å². The van der Waals surface area contributed by atoms with E-state index in [2.05, 4.69) is 57.3 Å². The van der Waals surface area contributed by atoms with Crippen molar-refractivity contribution in [1.82, 2.24) is 5.32 Å². The summed E-state index contributed by atoms with van der Waals surface area (Å²) in [6, 6.07) is 10.1. The van der Waals surface area contributed by atoms with E-state index in [-0.39, 0.29) is 0 Å². The van der Waals surface area contributed by atoms with E-state index in [1.54, 1.807) is 0 Å². The molecule has 1 N–H and O–H groups in total. The van der Waals surface area contributed by atoms with E-state index in [4.69, 9.17) is 0 Å². The summed E-state index contributed by atoms with van der Waals surface area (Å²) in [5.74, 6) is 0. The fraction of sp³-hybridized carbons (Fsp3) is 0.625. The van der Waals surface area contributed by atoms with E-state index in [0.717, 1.165) is 6.42 Å². The lowest BCUT2D eigenvalue weighted by molar-refractivity contribution is 0.425. The normalized spacial score (nSPS) is 13.0. The van der Waals surface area contributed by atoms with Gasteiger partial charge in [0.1, 0.15) is 0 Å². The smallest absolute Gasteiger partial charge is 0.0110 e. The van der Waals surface area contributed by atoms with E-state index in [1.165, 1.54) is 30.4 Å². The summed E-state index contributed by atoms with van der Waals surface area (Å²) >= 11 is 0. The van der Waals surface area contributed by atoms with Crippen molar-refractivity contribution in [2.24, 2.45) is 0 Å².